The number of sulfonamides is 1. The minimum Gasteiger partial charge on any atom is -0.377 e. The molecule has 1 aliphatic rings. The quantitative estimate of drug-likeness (QED) is 0.626. The van der Waals surface area contributed by atoms with E-state index in [0.29, 0.717) is 31.6 Å². The van der Waals surface area contributed by atoms with Crippen molar-refractivity contribution in [1.82, 2.24) is 9.71 Å². The molecule has 25 heavy (non-hydrogen) atoms. The van der Waals surface area contributed by atoms with Crippen molar-refractivity contribution < 1.29 is 21.9 Å². The third kappa shape index (κ3) is 6.32. The highest BCUT2D eigenvalue weighted by molar-refractivity contribution is 7.89. The van der Waals surface area contributed by atoms with Crippen LogP contribution >= 0.6 is 11.6 Å². The topological polar surface area (TPSA) is 80.3 Å². The standard InChI is InChI=1S/C15H22ClF2N3O3S/c16-14-9-13(10-20-15(14)19-5-7-24-6-4-17)25(22,23)21-12-3-1-2-11(18)8-12/h9-12,21H,1-8H2,(H,19,20). The summed E-state index contributed by atoms with van der Waals surface area (Å²) in [5, 5.41) is 3.02. The molecule has 142 valence electrons. The fourth-order valence-corrected chi connectivity index (χ4v) is 4.17. The van der Waals surface area contributed by atoms with Gasteiger partial charge in [-0.1, -0.05) is 11.6 Å². The molecule has 2 atom stereocenters. The average molecular weight is 398 g/mol. The van der Waals surface area contributed by atoms with Crippen LogP contribution in [0.15, 0.2) is 17.2 Å². The van der Waals surface area contributed by atoms with Gasteiger partial charge in [0.2, 0.25) is 10.0 Å². The number of hydrogen-bond acceptors (Lipinski definition) is 5. The number of rotatable bonds is 9. The summed E-state index contributed by atoms with van der Waals surface area (Å²) in [6, 6.07) is 0.871. The van der Waals surface area contributed by atoms with Crippen LogP contribution in [0.2, 0.25) is 5.02 Å². The molecule has 1 heterocycles. The molecule has 0 spiro atoms. The second kappa shape index (κ2) is 9.61. The summed E-state index contributed by atoms with van der Waals surface area (Å²) >= 11 is 6.06. The van der Waals surface area contributed by atoms with Gasteiger partial charge in [0.25, 0.3) is 0 Å². The molecule has 0 amide bonds. The molecule has 1 aromatic heterocycles. The molecule has 1 aromatic rings. The summed E-state index contributed by atoms with van der Waals surface area (Å²) in [4.78, 5) is 3.93. The van der Waals surface area contributed by atoms with Crippen LogP contribution in [0.5, 0.6) is 0 Å². The smallest absolute Gasteiger partial charge is 0.242 e. The van der Waals surface area contributed by atoms with Gasteiger partial charge in [-0.3, -0.25) is 0 Å². The number of aromatic nitrogens is 1. The molecule has 6 nitrogen and oxygen atoms in total. The van der Waals surface area contributed by atoms with E-state index in [2.05, 4.69) is 15.0 Å². The van der Waals surface area contributed by atoms with E-state index >= 15 is 0 Å². The molecule has 1 saturated carbocycles. The van der Waals surface area contributed by atoms with E-state index in [-0.39, 0.29) is 29.6 Å². The van der Waals surface area contributed by atoms with E-state index in [1.165, 1.54) is 12.3 Å². The lowest BCUT2D eigenvalue weighted by atomic mass is 9.95. The van der Waals surface area contributed by atoms with Crippen molar-refractivity contribution in [2.75, 3.05) is 31.7 Å². The number of anilines is 1. The van der Waals surface area contributed by atoms with Gasteiger partial charge in [0.05, 0.1) is 18.2 Å². The maximum absolute atomic E-state index is 13.4. The van der Waals surface area contributed by atoms with Crippen LogP contribution in [0.3, 0.4) is 0 Å². The molecule has 10 heteroatoms. The van der Waals surface area contributed by atoms with Gasteiger partial charge in [-0.2, -0.15) is 0 Å². The molecule has 0 bridgehead atoms. The van der Waals surface area contributed by atoms with Crippen molar-refractivity contribution in [2.24, 2.45) is 0 Å². The van der Waals surface area contributed by atoms with Gasteiger partial charge in [-0.25, -0.2) is 26.9 Å². The van der Waals surface area contributed by atoms with Crippen molar-refractivity contribution in [3.8, 4) is 0 Å². The molecule has 1 aliphatic carbocycles. The van der Waals surface area contributed by atoms with Crippen molar-refractivity contribution in [1.29, 1.82) is 0 Å². The van der Waals surface area contributed by atoms with Crippen molar-refractivity contribution in [3.05, 3.63) is 17.3 Å². The highest BCUT2D eigenvalue weighted by atomic mass is 35.5. The zero-order valence-electron chi connectivity index (χ0n) is 13.7. The van der Waals surface area contributed by atoms with Crippen LogP contribution in [-0.2, 0) is 14.8 Å². The van der Waals surface area contributed by atoms with Gasteiger partial charge in [-0.15, -0.1) is 0 Å². The van der Waals surface area contributed by atoms with E-state index in [0.717, 1.165) is 0 Å². The fraction of sp³-hybridized carbons (Fsp3) is 0.667. The van der Waals surface area contributed by atoms with E-state index in [1.807, 2.05) is 0 Å². The third-order valence-corrected chi connectivity index (χ3v) is 5.59. The van der Waals surface area contributed by atoms with Crippen LogP contribution in [0, 0.1) is 0 Å². The highest BCUT2D eigenvalue weighted by Crippen LogP contribution is 2.25. The van der Waals surface area contributed by atoms with Crippen LogP contribution in [0.25, 0.3) is 0 Å². The first-order valence-corrected chi connectivity index (χ1v) is 9.98. The number of nitrogens with zero attached hydrogens (tertiary/aromatic N) is 1. The molecular weight excluding hydrogens is 376 g/mol. The number of hydrogen-bond donors (Lipinski definition) is 2. The Morgan fingerprint density at radius 2 is 2.16 bits per heavy atom. The zero-order chi connectivity index (χ0) is 18.3. The minimum absolute atomic E-state index is 0.0204. The molecule has 0 aromatic carbocycles. The molecular formula is C15H22ClF2N3O3S. The summed E-state index contributed by atoms with van der Waals surface area (Å²) in [5.41, 5.74) is 0. The molecule has 2 N–H and O–H groups in total. The van der Waals surface area contributed by atoms with E-state index in [4.69, 9.17) is 16.3 Å². The second-order valence-electron chi connectivity index (χ2n) is 5.81. The number of ether oxygens (including phenoxy) is 1. The Morgan fingerprint density at radius 3 is 2.84 bits per heavy atom. The van der Waals surface area contributed by atoms with Gasteiger partial charge in [0.1, 0.15) is 23.6 Å². The number of halogens is 3. The second-order valence-corrected chi connectivity index (χ2v) is 7.93. The lowest BCUT2D eigenvalue weighted by molar-refractivity contribution is 0.128. The summed E-state index contributed by atoms with van der Waals surface area (Å²) in [6.45, 7) is 0.0992. The highest BCUT2D eigenvalue weighted by Gasteiger charge is 2.27. The predicted molar refractivity (Wildman–Crippen MR) is 92.0 cm³/mol. The van der Waals surface area contributed by atoms with Crippen molar-refractivity contribution in [2.45, 2.75) is 42.8 Å². The zero-order valence-corrected chi connectivity index (χ0v) is 15.3. The van der Waals surface area contributed by atoms with Crippen molar-refractivity contribution >= 4 is 27.4 Å². The summed E-state index contributed by atoms with van der Waals surface area (Å²) in [6.07, 6.45) is 2.13. The van der Waals surface area contributed by atoms with Crippen LogP contribution in [0.1, 0.15) is 25.7 Å². The number of nitrogens with one attached hydrogen (secondary N) is 2. The molecule has 2 rings (SSSR count). The van der Waals surface area contributed by atoms with E-state index < -0.39 is 28.9 Å². The van der Waals surface area contributed by atoms with E-state index in [9.17, 15) is 17.2 Å². The molecule has 0 aliphatic heterocycles. The molecule has 0 radical (unpaired) electrons. The predicted octanol–water partition coefficient (Wildman–Crippen LogP) is 2.69. The largest absolute Gasteiger partial charge is 0.377 e. The monoisotopic (exact) mass is 397 g/mol. The van der Waals surface area contributed by atoms with Gasteiger partial charge in [-0.05, 0) is 31.7 Å². The Bertz CT molecular complexity index is 663. The maximum Gasteiger partial charge on any atom is 0.242 e. The lowest BCUT2D eigenvalue weighted by Crippen LogP contribution is -2.38. The van der Waals surface area contributed by atoms with Gasteiger partial charge in [0, 0.05) is 18.8 Å². The van der Waals surface area contributed by atoms with Gasteiger partial charge < -0.3 is 10.1 Å². The first-order valence-electron chi connectivity index (χ1n) is 8.12. The summed E-state index contributed by atoms with van der Waals surface area (Å²) < 4.78 is 57.6. The summed E-state index contributed by atoms with van der Waals surface area (Å²) in [5.74, 6) is 0.311. The number of pyridine rings is 1. The Hall–Kier alpha value is -1.03. The number of alkyl halides is 2. The maximum atomic E-state index is 13.4. The van der Waals surface area contributed by atoms with E-state index in [1.54, 1.807) is 0 Å². The minimum atomic E-state index is -3.81. The Labute approximate surface area is 151 Å². The van der Waals surface area contributed by atoms with Gasteiger partial charge >= 0.3 is 0 Å². The Morgan fingerprint density at radius 1 is 1.36 bits per heavy atom. The fourth-order valence-electron chi connectivity index (χ4n) is 2.62. The SMILES string of the molecule is O=S(=O)(NC1CCCC(F)C1)c1cnc(NCCOCCF)c(Cl)c1. The first kappa shape index (κ1) is 20.3. The average Bonchev–Trinajstić information content (AvgIpc) is 2.55. The molecule has 1 fully saturated rings. The third-order valence-electron chi connectivity index (χ3n) is 3.82. The lowest BCUT2D eigenvalue weighted by Gasteiger charge is -2.25. The molecule has 0 saturated heterocycles. The Kier molecular flexibility index (Phi) is 7.80. The van der Waals surface area contributed by atoms with Crippen LogP contribution < -0.4 is 10.0 Å². The van der Waals surface area contributed by atoms with Crippen LogP contribution in [0.4, 0.5) is 14.6 Å². The summed E-state index contributed by atoms with van der Waals surface area (Å²) in [7, 11) is -3.81. The molecule has 2 unspecified atom stereocenters. The normalized spacial score (nSPS) is 21.2. The first-order chi connectivity index (χ1) is 11.9. The van der Waals surface area contributed by atoms with Crippen molar-refractivity contribution in [3.63, 3.8) is 0 Å². The Balaban J connectivity index is 1.95. The van der Waals surface area contributed by atoms with Crippen LogP contribution in [-0.4, -0.2) is 52.0 Å². The van der Waals surface area contributed by atoms with Gasteiger partial charge in [0.15, 0.2) is 0 Å².